The first-order valence-electron chi connectivity index (χ1n) is 12.4. The molecule has 1 atom stereocenters. The summed E-state index contributed by atoms with van der Waals surface area (Å²) in [5, 5.41) is 15.5. The van der Waals surface area contributed by atoms with Gasteiger partial charge in [-0.1, -0.05) is 13.0 Å². The Morgan fingerprint density at radius 1 is 1.11 bits per heavy atom. The Bertz CT molecular complexity index is 1750. The summed E-state index contributed by atoms with van der Waals surface area (Å²) in [7, 11) is 0. The van der Waals surface area contributed by atoms with Gasteiger partial charge in [-0.25, -0.2) is 9.78 Å². The number of esters is 1. The lowest BCUT2D eigenvalue weighted by Crippen LogP contribution is -2.44. The van der Waals surface area contributed by atoms with Crippen molar-refractivity contribution in [2.24, 2.45) is 0 Å². The maximum Gasteiger partial charge on any atom is 0.343 e. The summed E-state index contributed by atoms with van der Waals surface area (Å²) in [6.45, 7) is 2.38. The SMILES string of the molecule is CC[C@@]1(O)C(=O)OCc2c1cc1n(c2=O)Cc2c-1nc1cc3c(cc1c2CNc1cccc(N)c1)OCO3. The van der Waals surface area contributed by atoms with Gasteiger partial charge >= 0.3 is 5.97 Å². The quantitative estimate of drug-likeness (QED) is 0.245. The first kappa shape index (κ1) is 22.6. The van der Waals surface area contributed by atoms with Crippen LogP contribution in [-0.2, 0) is 34.8 Å². The van der Waals surface area contributed by atoms with Crippen LogP contribution in [0, 0.1) is 0 Å². The highest BCUT2D eigenvalue weighted by molar-refractivity contribution is 5.91. The number of cyclic esters (lactones) is 1. The van der Waals surface area contributed by atoms with Crippen molar-refractivity contribution >= 4 is 28.2 Å². The molecule has 4 aromatic rings. The summed E-state index contributed by atoms with van der Waals surface area (Å²) in [6.07, 6.45) is 0.0819. The molecule has 7 rings (SSSR count). The van der Waals surface area contributed by atoms with Gasteiger partial charge in [0.15, 0.2) is 17.1 Å². The molecular weight excluding hydrogens is 488 g/mol. The average Bonchev–Trinajstić information content (AvgIpc) is 3.52. The third-order valence-corrected chi connectivity index (χ3v) is 7.66. The van der Waals surface area contributed by atoms with Crippen LogP contribution < -0.4 is 26.1 Å². The standard InChI is InChI=1S/C28H24N4O6/c1-2-28(35)20-8-22-25-18(11-32(22)26(33)19(20)12-36-27(28)34)17(10-30-15-5-3-4-14(29)6-15)16-7-23-24(38-13-37-23)9-21(16)31-25/h3-9,30,35H,2,10-13,29H2,1H3/t28-/m0/s1. The van der Waals surface area contributed by atoms with E-state index in [4.69, 9.17) is 24.9 Å². The number of carbonyl (C=O) groups is 1. The van der Waals surface area contributed by atoms with Crippen molar-refractivity contribution in [2.45, 2.75) is 38.6 Å². The number of nitrogens with zero attached hydrogens (tertiary/aromatic N) is 2. The van der Waals surface area contributed by atoms with Crippen molar-refractivity contribution in [3.8, 4) is 22.9 Å². The summed E-state index contributed by atoms with van der Waals surface area (Å²) in [6, 6.07) is 13.0. The van der Waals surface area contributed by atoms with Gasteiger partial charge in [0.25, 0.3) is 5.56 Å². The number of ether oxygens (including phenoxy) is 3. The van der Waals surface area contributed by atoms with Crippen molar-refractivity contribution < 1.29 is 24.1 Å². The summed E-state index contributed by atoms with van der Waals surface area (Å²) in [4.78, 5) is 31.1. The number of carbonyl (C=O) groups excluding carboxylic acids is 1. The van der Waals surface area contributed by atoms with Crippen molar-refractivity contribution in [1.82, 2.24) is 9.55 Å². The molecule has 10 nitrogen and oxygen atoms in total. The number of aliphatic hydroxyl groups is 1. The van der Waals surface area contributed by atoms with E-state index in [0.29, 0.717) is 47.2 Å². The maximum atomic E-state index is 13.6. The molecule has 5 heterocycles. The van der Waals surface area contributed by atoms with Crippen LogP contribution in [0.5, 0.6) is 11.5 Å². The Kier molecular flexibility index (Phi) is 4.74. The molecule has 3 aliphatic heterocycles. The molecule has 38 heavy (non-hydrogen) atoms. The molecular formula is C28H24N4O6. The van der Waals surface area contributed by atoms with Gasteiger partial charge in [-0.3, -0.25) is 4.79 Å². The molecule has 192 valence electrons. The van der Waals surface area contributed by atoms with Crippen LogP contribution in [0.3, 0.4) is 0 Å². The lowest BCUT2D eigenvalue weighted by atomic mass is 9.86. The first-order chi connectivity index (χ1) is 18.4. The zero-order chi connectivity index (χ0) is 26.2. The second kappa shape index (κ2) is 7.96. The van der Waals surface area contributed by atoms with Crippen molar-refractivity contribution in [1.29, 1.82) is 0 Å². The smallest absolute Gasteiger partial charge is 0.343 e. The minimum atomic E-state index is -1.88. The molecule has 0 radical (unpaired) electrons. The summed E-state index contributed by atoms with van der Waals surface area (Å²) < 4.78 is 18.1. The highest BCUT2D eigenvalue weighted by Crippen LogP contribution is 2.43. The third kappa shape index (κ3) is 3.13. The number of aromatic nitrogens is 2. The van der Waals surface area contributed by atoms with Gasteiger partial charge in [-0.2, -0.15) is 0 Å². The van der Waals surface area contributed by atoms with Gasteiger partial charge in [0.1, 0.15) is 6.61 Å². The minimum Gasteiger partial charge on any atom is -0.458 e. The minimum absolute atomic E-state index is 0.0819. The van der Waals surface area contributed by atoms with E-state index in [1.54, 1.807) is 17.6 Å². The van der Waals surface area contributed by atoms with E-state index in [2.05, 4.69) is 5.32 Å². The molecule has 0 bridgehead atoms. The fourth-order valence-electron chi connectivity index (χ4n) is 5.59. The highest BCUT2D eigenvalue weighted by atomic mass is 16.7. The fraction of sp³-hybridized carbons (Fsp3) is 0.250. The van der Waals surface area contributed by atoms with Crippen LogP contribution in [0.25, 0.3) is 22.3 Å². The zero-order valence-electron chi connectivity index (χ0n) is 20.5. The number of nitrogens with two attached hydrogens (primary N) is 1. The van der Waals surface area contributed by atoms with Gasteiger partial charge in [0, 0.05) is 40.5 Å². The number of fused-ring (bicyclic) bond motifs is 6. The van der Waals surface area contributed by atoms with Gasteiger partial charge < -0.3 is 34.9 Å². The van der Waals surface area contributed by atoms with E-state index in [0.717, 1.165) is 22.2 Å². The summed E-state index contributed by atoms with van der Waals surface area (Å²) in [5.74, 6) is 0.487. The van der Waals surface area contributed by atoms with Crippen LogP contribution in [0.15, 0.2) is 47.3 Å². The molecule has 0 amide bonds. The zero-order valence-corrected chi connectivity index (χ0v) is 20.5. The molecule has 0 unspecified atom stereocenters. The highest BCUT2D eigenvalue weighted by Gasteiger charge is 2.45. The summed E-state index contributed by atoms with van der Waals surface area (Å²) >= 11 is 0. The van der Waals surface area contributed by atoms with Crippen molar-refractivity contribution in [2.75, 3.05) is 17.8 Å². The number of anilines is 2. The topological polar surface area (TPSA) is 138 Å². The predicted octanol–water partition coefficient (Wildman–Crippen LogP) is 3.00. The molecule has 0 aliphatic carbocycles. The second-order valence-electron chi connectivity index (χ2n) is 9.72. The van der Waals surface area contributed by atoms with Gasteiger partial charge in [-0.15, -0.1) is 0 Å². The van der Waals surface area contributed by atoms with E-state index in [1.165, 1.54) is 0 Å². The number of benzene rings is 2. The molecule has 3 aliphatic rings. The Labute approximate surface area is 216 Å². The number of nitrogens with one attached hydrogen (secondary N) is 1. The van der Waals surface area contributed by atoms with E-state index < -0.39 is 11.6 Å². The molecule has 0 saturated carbocycles. The number of nitrogen functional groups attached to an aromatic ring is 1. The normalized spacial score (nSPS) is 18.6. The summed E-state index contributed by atoms with van der Waals surface area (Å²) in [5.41, 5.74) is 9.54. The number of pyridine rings is 2. The van der Waals surface area contributed by atoms with E-state index in [1.807, 2.05) is 36.4 Å². The molecule has 2 aromatic heterocycles. The number of hydrogen-bond acceptors (Lipinski definition) is 9. The van der Waals surface area contributed by atoms with Gasteiger partial charge in [0.2, 0.25) is 6.79 Å². The third-order valence-electron chi connectivity index (χ3n) is 7.66. The Balaban J connectivity index is 1.44. The first-order valence-corrected chi connectivity index (χ1v) is 12.4. The van der Waals surface area contributed by atoms with E-state index >= 15 is 0 Å². The number of rotatable bonds is 4. The molecule has 0 saturated heterocycles. The largest absolute Gasteiger partial charge is 0.458 e. The molecule has 0 spiro atoms. The molecule has 0 fully saturated rings. The monoisotopic (exact) mass is 512 g/mol. The van der Waals surface area contributed by atoms with Crippen LogP contribution in [0.4, 0.5) is 11.4 Å². The van der Waals surface area contributed by atoms with E-state index in [-0.39, 0.29) is 36.5 Å². The fourth-order valence-corrected chi connectivity index (χ4v) is 5.59. The Morgan fingerprint density at radius 2 is 1.92 bits per heavy atom. The van der Waals surface area contributed by atoms with Gasteiger partial charge in [0.05, 0.1) is 29.0 Å². The van der Waals surface area contributed by atoms with Gasteiger partial charge in [-0.05, 0) is 42.3 Å². The van der Waals surface area contributed by atoms with Crippen LogP contribution in [-0.4, -0.2) is 27.4 Å². The predicted molar refractivity (Wildman–Crippen MR) is 139 cm³/mol. The lowest BCUT2D eigenvalue weighted by molar-refractivity contribution is -0.172. The van der Waals surface area contributed by atoms with Crippen molar-refractivity contribution in [3.63, 3.8) is 0 Å². The molecule has 2 aromatic carbocycles. The lowest BCUT2D eigenvalue weighted by Gasteiger charge is -2.31. The average molecular weight is 513 g/mol. The van der Waals surface area contributed by atoms with Crippen LogP contribution in [0.2, 0.25) is 0 Å². The molecule has 4 N–H and O–H groups in total. The van der Waals surface area contributed by atoms with Crippen LogP contribution in [0.1, 0.15) is 35.6 Å². The Morgan fingerprint density at radius 3 is 2.71 bits per heavy atom. The molecule has 10 heteroatoms. The second-order valence-corrected chi connectivity index (χ2v) is 9.72. The van der Waals surface area contributed by atoms with E-state index in [9.17, 15) is 14.7 Å². The van der Waals surface area contributed by atoms with Crippen molar-refractivity contribution in [3.05, 3.63) is 75.1 Å². The maximum absolute atomic E-state index is 13.6. The number of hydrogen-bond donors (Lipinski definition) is 3. The van der Waals surface area contributed by atoms with Crippen LogP contribution >= 0.6 is 0 Å². The Hall–Kier alpha value is -4.57.